The van der Waals surface area contributed by atoms with E-state index in [4.69, 9.17) is 4.74 Å². The summed E-state index contributed by atoms with van der Waals surface area (Å²) in [7, 11) is -1.44. The minimum Gasteiger partial charge on any atom is -0.375 e. The van der Waals surface area contributed by atoms with Crippen molar-refractivity contribution in [3.63, 3.8) is 0 Å². The molecule has 3 heterocycles. The van der Waals surface area contributed by atoms with Crippen LogP contribution in [0, 0.1) is 5.92 Å². The first-order valence-electron chi connectivity index (χ1n) is 9.96. The van der Waals surface area contributed by atoms with Crippen molar-refractivity contribution in [3.05, 3.63) is 18.3 Å². The van der Waals surface area contributed by atoms with Crippen LogP contribution in [0.15, 0.2) is 28.3 Å². The summed E-state index contributed by atoms with van der Waals surface area (Å²) in [6, 6.07) is 3.48. The molecular formula is C19H32N4O3S2. The molecule has 2 fully saturated rings. The van der Waals surface area contributed by atoms with Gasteiger partial charge in [0, 0.05) is 57.8 Å². The first kappa shape index (κ1) is 22.0. The molecule has 0 N–H and O–H groups in total. The minimum atomic E-state index is -3.45. The van der Waals surface area contributed by atoms with Gasteiger partial charge in [-0.15, -0.1) is 11.8 Å². The number of nitrogens with zero attached hydrogens (tertiary/aromatic N) is 4. The summed E-state index contributed by atoms with van der Waals surface area (Å²) >= 11 is 1.63. The molecule has 0 saturated carbocycles. The number of ether oxygens (including phenoxy) is 1. The maximum atomic E-state index is 12.8. The second kappa shape index (κ2) is 9.86. The highest BCUT2D eigenvalue weighted by Gasteiger charge is 2.28. The Balaban J connectivity index is 1.53. The minimum absolute atomic E-state index is 0.188. The molecule has 0 unspecified atom stereocenters. The van der Waals surface area contributed by atoms with Gasteiger partial charge in [0.1, 0.15) is 4.90 Å². The molecule has 0 radical (unpaired) electrons. The zero-order chi connectivity index (χ0) is 20.1. The van der Waals surface area contributed by atoms with Gasteiger partial charge >= 0.3 is 0 Å². The highest BCUT2D eigenvalue weighted by molar-refractivity contribution is 7.99. The van der Waals surface area contributed by atoms with E-state index in [0.29, 0.717) is 19.0 Å². The Labute approximate surface area is 173 Å². The summed E-state index contributed by atoms with van der Waals surface area (Å²) in [5.74, 6) is 1.48. The van der Waals surface area contributed by atoms with Gasteiger partial charge < -0.3 is 9.64 Å². The Kier molecular flexibility index (Phi) is 7.74. The van der Waals surface area contributed by atoms with Crippen molar-refractivity contribution >= 4 is 21.8 Å². The van der Waals surface area contributed by atoms with Crippen LogP contribution in [0.5, 0.6) is 0 Å². The average Bonchev–Trinajstić information content (AvgIpc) is 2.67. The predicted molar refractivity (Wildman–Crippen MR) is 112 cm³/mol. The molecule has 1 aromatic rings. The van der Waals surface area contributed by atoms with Crippen LogP contribution in [0.4, 0.5) is 0 Å². The molecule has 158 valence electrons. The maximum absolute atomic E-state index is 12.8. The predicted octanol–water partition coefficient (Wildman–Crippen LogP) is 1.47. The molecule has 28 heavy (non-hydrogen) atoms. The fraction of sp³-hybridized carbons (Fsp3) is 0.737. The Bertz CT molecular complexity index is 719. The molecule has 0 aromatic carbocycles. The SMILES string of the molecule is CC(C)CN1CCO[C@H](CSc2ccc(S(=O)(=O)N3CCN(C)CC3)cn2)C1. The maximum Gasteiger partial charge on any atom is 0.244 e. The summed E-state index contributed by atoms with van der Waals surface area (Å²) in [5, 5.41) is 0.835. The molecule has 2 saturated heterocycles. The van der Waals surface area contributed by atoms with Crippen molar-refractivity contribution in [3.8, 4) is 0 Å². The summed E-state index contributed by atoms with van der Waals surface area (Å²) < 4.78 is 33.0. The highest BCUT2D eigenvalue weighted by atomic mass is 32.2. The van der Waals surface area contributed by atoms with Crippen molar-refractivity contribution < 1.29 is 13.2 Å². The van der Waals surface area contributed by atoms with Gasteiger partial charge in [-0.2, -0.15) is 4.31 Å². The van der Waals surface area contributed by atoms with Crippen molar-refractivity contribution in [1.82, 2.24) is 19.1 Å². The number of piperazine rings is 1. The number of likely N-dealkylation sites (N-methyl/N-ethyl adjacent to an activating group) is 1. The topological polar surface area (TPSA) is 66.0 Å². The number of hydrogen-bond donors (Lipinski definition) is 0. The Hall–Kier alpha value is -0.710. The molecule has 7 nitrogen and oxygen atoms in total. The third-order valence-electron chi connectivity index (χ3n) is 5.07. The number of thioether (sulfide) groups is 1. The molecule has 9 heteroatoms. The number of rotatable bonds is 7. The Morgan fingerprint density at radius 3 is 2.61 bits per heavy atom. The molecule has 2 aliphatic heterocycles. The molecule has 3 rings (SSSR count). The summed E-state index contributed by atoms with van der Waals surface area (Å²) in [6.45, 7) is 10.9. The van der Waals surface area contributed by atoms with E-state index >= 15 is 0 Å². The number of hydrogen-bond acceptors (Lipinski definition) is 7. The van der Waals surface area contributed by atoms with Crippen molar-refractivity contribution in [1.29, 1.82) is 0 Å². The standard InChI is InChI=1S/C19H32N4O3S2/c1-16(2)13-22-10-11-26-17(14-22)15-27-19-5-4-18(12-20-19)28(24,25)23-8-6-21(3)7-9-23/h4-5,12,16-17H,6-11,13-15H2,1-3H3/t17-/m0/s1. The monoisotopic (exact) mass is 428 g/mol. The zero-order valence-corrected chi connectivity index (χ0v) is 18.7. The van der Waals surface area contributed by atoms with Gasteiger partial charge in [0.25, 0.3) is 0 Å². The Morgan fingerprint density at radius 1 is 1.21 bits per heavy atom. The molecule has 1 aromatic heterocycles. The van der Waals surface area contributed by atoms with Gasteiger partial charge in [0.2, 0.25) is 10.0 Å². The molecule has 0 amide bonds. The van der Waals surface area contributed by atoms with Gasteiger partial charge in [-0.1, -0.05) is 13.8 Å². The largest absolute Gasteiger partial charge is 0.375 e. The first-order valence-corrected chi connectivity index (χ1v) is 12.4. The smallest absolute Gasteiger partial charge is 0.244 e. The third-order valence-corrected chi connectivity index (χ3v) is 8.03. The summed E-state index contributed by atoms with van der Waals surface area (Å²) in [5.41, 5.74) is 0. The fourth-order valence-corrected chi connectivity index (χ4v) is 5.74. The van der Waals surface area contributed by atoms with Gasteiger partial charge in [0.15, 0.2) is 0 Å². The molecule has 0 aliphatic carbocycles. The van der Waals surface area contributed by atoms with Gasteiger partial charge in [-0.05, 0) is 25.1 Å². The van der Waals surface area contributed by atoms with Crippen LogP contribution in [0.25, 0.3) is 0 Å². The number of sulfonamides is 1. The van der Waals surface area contributed by atoms with E-state index in [1.807, 2.05) is 13.1 Å². The van der Waals surface area contributed by atoms with Crippen LogP contribution < -0.4 is 0 Å². The van der Waals surface area contributed by atoms with Crippen LogP contribution in [0.2, 0.25) is 0 Å². The quantitative estimate of drug-likeness (QED) is 0.609. The lowest BCUT2D eigenvalue weighted by Crippen LogP contribution is -2.47. The molecule has 1 atom stereocenters. The number of morpholine rings is 1. The summed E-state index contributed by atoms with van der Waals surface area (Å²) in [6.07, 6.45) is 1.68. The lowest BCUT2D eigenvalue weighted by molar-refractivity contribution is -0.0191. The second-order valence-electron chi connectivity index (χ2n) is 8.00. The lowest BCUT2D eigenvalue weighted by Gasteiger charge is -2.33. The normalized spacial score (nSPS) is 23.4. The molecule has 2 aliphatic rings. The van der Waals surface area contributed by atoms with E-state index in [2.05, 4.69) is 28.6 Å². The van der Waals surface area contributed by atoms with E-state index in [1.165, 1.54) is 6.20 Å². The molecule has 0 spiro atoms. The van der Waals surface area contributed by atoms with Crippen molar-refractivity contribution in [2.24, 2.45) is 5.92 Å². The number of pyridine rings is 1. The van der Waals surface area contributed by atoms with E-state index in [9.17, 15) is 8.42 Å². The molecule has 0 bridgehead atoms. The van der Waals surface area contributed by atoms with Gasteiger partial charge in [0.05, 0.1) is 17.7 Å². The van der Waals surface area contributed by atoms with E-state index in [1.54, 1.807) is 22.1 Å². The van der Waals surface area contributed by atoms with Crippen LogP contribution in [-0.2, 0) is 14.8 Å². The van der Waals surface area contributed by atoms with Crippen molar-refractivity contribution in [2.75, 3.05) is 65.2 Å². The highest BCUT2D eigenvalue weighted by Crippen LogP contribution is 2.22. The van der Waals surface area contributed by atoms with E-state index in [-0.39, 0.29) is 11.0 Å². The second-order valence-corrected chi connectivity index (χ2v) is 11.0. The van der Waals surface area contributed by atoms with E-state index < -0.39 is 10.0 Å². The Morgan fingerprint density at radius 2 is 1.96 bits per heavy atom. The van der Waals surface area contributed by atoms with Crippen LogP contribution in [0.1, 0.15) is 13.8 Å². The zero-order valence-electron chi connectivity index (χ0n) is 17.1. The van der Waals surface area contributed by atoms with Crippen molar-refractivity contribution in [2.45, 2.75) is 29.9 Å². The van der Waals surface area contributed by atoms with Gasteiger partial charge in [-0.25, -0.2) is 13.4 Å². The van der Waals surface area contributed by atoms with E-state index in [0.717, 1.165) is 50.1 Å². The summed E-state index contributed by atoms with van der Waals surface area (Å²) in [4.78, 5) is 9.26. The fourth-order valence-electron chi connectivity index (χ4n) is 3.52. The first-order chi connectivity index (χ1) is 13.3. The lowest BCUT2D eigenvalue weighted by atomic mass is 10.2. The van der Waals surface area contributed by atoms with Crippen LogP contribution in [-0.4, -0.2) is 98.8 Å². The average molecular weight is 429 g/mol. The molecular weight excluding hydrogens is 396 g/mol. The van der Waals surface area contributed by atoms with Crippen LogP contribution >= 0.6 is 11.8 Å². The van der Waals surface area contributed by atoms with Gasteiger partial charge in [-0.3, -0.25) is 4.90 Å². The number of aromatic nitrogens is 1. The third kappa shape index (κ3) is 5.90. The van der Waals surface area contributed by atoms with Crippen LogP contribution in [0.3, 0.4) is 0 Å².